The number of fused-ring (bicyclic) bond motifs is 1. The number of carbonyl (C=O) groups excluding carboxylic acids is 1. The number of thiophene rings is 1. The molecule has 0 radical (unpaired) electrons. The highest BCUT2D eigenvalue weighted by atomic mass is 32.1. The zero-order chi connectivity index (χ0) is 25.1. The third-order valence-electron chi connectivity index (χ3n) is 5.64. The van der Waals surface area contributed by atoms with Crippen LogP contribution in [0.5, 0.6) is 16.6 Å². The molecule has 1 atom stereocenters. The second kappa shape index (κ2) is 10.1. The largest absolute Gasteiger partial charge is 0.512 e. The second-order valence-corrected chi connectivity index (χ2v) is 8.88. The summed E-state index contributed by atoms with van der Waals surface area (Å²) < 4.78 is 15.8. The first-order chi connectivity index (χ1) is 16.8. The van der Waals surface area contributed by atoms with Crippen LogP contribution in [0.25, 0.3) is 10.4 Å². The quantitative estimate of drug-likeness (QED) is 0.491. The Hall–Kier alpha value is -4.05. The number of methoxy groups -OCH3 is 2. The van der Waals surface area contributed by atoms with Gasteiger partial charge in [0.2, 0.25) is 0 Å². The van der Waals surface area contributed by atoms with E-state index in [2.05, 4.69) is 5.32 Å². The Balaban J connectivity index is 1.79. The average molecular weight is 496 g/mol. The second-order valence-electron chi connectivity index (χ2n) is 7.83. The summed E-state index contributed by atoms with van der Waals surface area (Å²) in [4.78, 5) is 24.3. The number of rotatable bonds is 5. The van der Waals surface area contributed by atoms with Crippen LogP contribution in [0.2, 0.25) is 0 Å². The molecule has 1 aliphatic rings. The van der Waals surface area contributed by atoms with Crippen molar-refractivity contribution in [3.05, 3.63) is 65.2 Å². The summed E-state index contributed by atoms with van der Waals surface area (Å²) in [6.45, 7) is 1.94. The molecular weight excluding hydrogens is 470 g/mol. The van der Waals surface area contributed by atoms with Crippen LogP contribution >= 0.6 is 11.3 Å². The van der Waals surface area contributed by atoms with Crippen molar-refractivity contribution >= 4 is 29.2 Å². The zero-order valence-corrected chi connectivity index (χ0v) is 20.5. The minimum atomic E-state index is -1.35. The fourth-order valence-electron chi connectivity index (χ4n) is 3.96. The maximum atomic E-state index is 12.6. The van der Waals surface area contributed by atoms with Gasteiger partial charge in [0.15, 0.2) is 16.6 Å². The van der Waals surface area contributed by atoms with Crippen molar-refractivity contribution in [1.82, 2.24) is 10.3 Å². The van der Waals surface area contributed by atoms with Gasteiger partial charge in [-0.15, -0.1) is 0 Å². The highest BCUT2D eigenvalue weighted by Gasteiger charge is 2.28. The molecule has 2 N–H and O–H groups in total. The topological polar surface area (TPSA) is 110 Å². The molecule has 2 heterocycles. The van der Waals surface area contributed by atoms with E-state index in [0.29, 0.717) is 28.7 Å². The van der Waals surface area contributed by atoms with Crippen LogP contribution in [0.15, 0.2) is 53.6 Å². The van der Waals surface area contributed by atoms with E-state index in [0.717, 1.165) is 27.1 Å². The molecule has 1 aromatic heterocycles. The normalized spacial score (nSPS) is 14.9. The first-order valence-electron chi connectivity index (χ1n) is 10.8. The summed E-state index contributed by atoms with van der Waals surface area (Å²) >= 11 is 1.24. The highest BCUT2D eigenvalue weighted by Crippen LogP contribution is 2.36. The third kappa shape index (κ3) is 4.92. The lowest BCUT2D eigenvalue weighted by Crippen LogP contribution is -2.41. The van der Waals surface area contributed by atoms with Crippen LogP contribution in [0, 0.1) is 0 Å². The van der Waals surface area contributed by atoms with E-state index < -0.39 is 6.16 Å². The minimum absolute atomic E-state index is 0.192. The number of nitrogens with zero attached hydrogens (tertiary/aromatic N) is 2. The molecule has 2 aromatic carbocycles. The molecule has 0 saturated carbocycles. The van der Waals surface area contributed by atoms with Crippen molar-refractivity contribution in [2.24, 2.45) is 5.10 Å². The van der Waals surface area contributed by atoms with Gasteiger partial charge in [-0.25, -0.2) is 14.6 Å². The predicted octanol–water partition coefficient (Wildman–Crippen LogP) is 4.83. The average Bonchev–Trinajstić information content (AvgIpc) is 3.26. The molecule has 0 aliphatic carbocycles. The SMILES string of the molecule is CNC(=O)N1N=C(c2ccc(-c3ccc(OC(=O)O)s3)cc2)c2cc(OC)c(OC)cc2CC1C. The summed E-state index contributed by atoms with van der Waals surface area (Å²) in [6, 6.07) is 14.4. The van der Waals surface area contributed by atoms with Crippen molar-refractivity contribution in [3.8, 4) is 27.0 Å². The Labute approximate surface area is 206 Å². The van der Waals surface area contributed by atoms with Crippen molar-refractivity contribution in [1.29, 1.82) is 0 Å². The van der Waals surface area contributed by atoms with Crippen LogP contribution in [0.4, 0.5) is 9.59 Å². The number of hydrogen-bond donors (Lipinski definition) is 2. The number of hydrazone groups is 1. The van der Waals surface area contributed by atoms with Gasteiger partial charge in [-0.3, -0.25) is 0 Å². The van der Waals surface area contributed by atoms with E-state index in [1.54, 1.807) is 27.3 Å². The van der Waals surface area contributed by atoms with Gasteiger partial charge >= 0.3 is 12.2 Å². The molecular formula is C25H25N3O6S. The summed E-state index contributed by atoms with van der Waals surface area (Å²) in [6.07, 6.45) is -0.767. The summed E-state index contributed by atoms with van der Waals surface area (Å²) in [5.41, 5.74) is 4.17. The van der Waals surface area contributed by atoms with E-state index in [9.17, 15) is 9.59 Å². The fourth-order valence-corrected chi connectivity index (χ4v) is 4.81. The Morgan fingerprint density at radius 3 is 2.34 bits per heavy atom. The molecule has 1 aliphatic heterocycles. The van der Waals surface area contributed by atoms with Gasteiger partial charge in [0.25, 0.3) is 0 Å². The van der Waals surface area contributed by atoms with Crippen LogP contribution < -0.4 is 19.5 Å². The number of nitrogens with one attached hydrogen (secondary N) is 1. The maximum Gasteiger partial charge on any atom is 0.512 e. The summed E-state index contributed by atoms with van der Waals surface area (Å²) in [5.74, 6) is 1.18. The zero-order valence-electron chi connectivity index (χ0n) is 19.7. The number of hydrogen-bond acceptors (Lipinski definition) is 7. The van der Waals surface area contributed by atoms with Gasteiger partial charge < -0.3 is 24.6 Å². The lowest BCUT2D eigenvalue weighted by molar-refractivity contribution is 0.146. The van der Waals surface area contributed by atoms with Gasteiger partial charge in [0.1, 0.15) is 0 Å². The molecule has 35 heavy (non-hydrogen) atoms. The van der Waals surface area contributed by atoms with Gasteiger partial charge in [0.05, 0.1) is 26.0 Å². The van der Waals surface area contributed by atoms with E-state index in [1.807, 2.05) is 49.4 Å². The number of benzene rings is 2. The Morgan fingerprint density at radius 2 is 1.71 bits per heavy atom. The van der Waals surface area contributed by atoms with E-state index in [4.69, 9.17) is 24.4 Å². The molecule has 4 rings (SSSR count). The number of amides is 2. The number of carboxylic acid groups (broad SMARTS) is 1. The molecule has 0 saturated heterocycles. The molecule has 182 valence electrons. The highest BCUT2D eigenvalue weighted by molar-refractivity contribution is 7.17. The predicted molar refractivity (Wildman–Crippen MR) is 133 cm³/mol. The molecule has 0 bridgehead atoms. The van der Waals surface area contributed by atoms with Crippen molar-refractivity contribution in [3.63, 3.8) is 0 Å². The van der Waals surface area contributed by atoms with Crippen LogP contribution in [-0.2, 0) is 6.42 Å². The van der Waals surface area contributed by atoms with Crippen LogP contribution in [0.3, 0.4) is 0 Å². The van der Waals surface area contributed by atoms with Gasteiger partial charge in [-0.2, -0.15) is 5.10 Å². The summed E-state index contributed by atoms with van der Waals surface area (Å²) in [5, 5.41) is 18.0. The van der Waals surface area contributed by atoms with Gasteiger partial charge in [-0.1, -0.05) is 35.6 Å². The Kier molecular flexibility index (Phi) is 6.92. The molecule has 3 aromatic rings. The van der Waals surface area contributed by atoms with Crippen LogP contribution in [0.1, 0.15) is 23.6 Å². The molecule has 9 nitrogen and oxygen atoms in total. The lowest BCUT2D eigenvalue weighted by atomic mass is 9.93. The molecule has 1 unspecified atom stereocenters. The van der Waals surface area contributed by atoms with Gasteiger partial charge in [-0.05, 0) is 48.7 Å². The van der Waals surface area contributed by atoms with E-state index in [-0.39, 0.29) is 12.1 Å². The van der Waals surface area contributed by atoms with Crippen molar-refractivity contribution < 1.29 is 28.9 Å². The van der Waals surface area contributed by atoms with Crippen molar-refractivity contribution in [2.45, 2.75) is 19.4 Å². The van der Waals surface area contributed by atoms with E-state index in [1.165, 1.54) is 16.3 Å². The van der Waals surface area contributed by atoms with Crippen molar-refractivity contribution in [2.75, 3.05) is 21.3 Å². The minimum Gasteiger partial charge on any atom is -0.493 e. The van der Waals surface area contributed by atoms with Crippen LogP contribution in [-0.4, -0.2) is 55.3 Å². The fraction of sp³-hybridized carbons (Fsp3) is 0.240. The number of carbonyl (C=O) groups is 2. The summed E-state index contributed by atoms with van der Waals surface area (Å²) in [7, 11) is 4.74. The smallest absolute Gasteiger partial charge is 0.493 e. The molecule has 0 spiro atoms. The number of urea groups is 1. The monoisotopic (exact) mass is 495 g/mol. The van der Waals surface area contributed by atoms with Gasteiger partial charge in [0, 0.05) is 23.1 Å². The molecule has 0 fully saturated rings. The van der Waals surface area contributed by atoms with E-state index >= 15 is 0 Å². The first-order valence-corrected chi connectivity index (χ1v) is 11.6. The Bertz CT molecular complexity index is 1280. The molecule has 2 amide bonds. The third-order valence-corrected chi connectivity index (χ3v) is 6.65. The standard InChI is InChI=1S/C25H25N3O6S/c1-14-11-17-12-19(32-3)20(33-4)13-18(17)23(27-28(14)24(29)26-2)16-7-5-15(6-8-16)21-9-10-22(35-21)34-25(30)31/h5-10,12-14H,11H2,1-4H3,(H,26,29)(H,30,31). The number of ether oxygens (including phenoxy) is 3. The lowest BCUT2D eigenvalue weighted by Gasteiger charge is -2.22. The first kappa shape index (κ1) is 24.1. The maximum absolute atomic E-state index is 12.6. The molecule has 10 heteroatoms. The Morgan fingerprint density at radius 1 is 1.06 bits per heavy atom.